The second-order valence-corrected chi connectivity index (χ2v) is 13.8. The lowest BCUT2D eigenvalue weighted by atomic mass is 10.0. The minimum Gasteiger partial charge on any atom is -0.403 e. The third-order valence-electron chi connectivity index (χ3n) is 6.24. The van der Waals surface area contributed by atoms with Gasteiger partial charge in [0.1, 0.15) is 6.33 Å². The molecule has 186 valence electrons. The van der Waals surface area contributed by atoms with Crippen molar-refractivity contribution < 1.29 is 22.4 Å². The second kappa shape index (κ2) is 9.83. The van der Waals surface area contributed by atoms with Crippen LogP contribution in [0.15, 0.2) is 73.1 Å². The lowest BCUT2D eigenvalue weighted by Gasteiger charge is -2.43. The number of nitrogens with zero attached hydrogens (tertiary/aromatic N) is 3. The quantitative estimate of drug-likeness (QED) is 0.209. The summed E-state index contributed by atoms with van der Waals surface area (Å²) < 4.78 is 52.1. The average Bonchev–Trinajstić information content (AvgIpc) is 3.30. The molecule has 0 spiro atoms. The fraction of sp³-hybridized carbons (Fsp3) is 0.222. The third-order valence-corrected chi connectivity index (χ3v) is 11.2. The van der Waals surface area contributed by atoms with Crippen molar-refractivity contribution in [2.24, 2.45) is 7.05 Å². The van der Waals surface area contributed by atoms with Gasteiger partial charge in [0.15, 0.2) is 23.3 Å². The van der Waals surface area contributed by atoms with Gasteiger partial charge in [-0.1, -0.05) is 81.4 Å². The molecule has 0 saturated heterocycles. The highest BCUT2D eigenvalue weighted by molar-refractivity contribution is 6.99. The second-order valence-electron chi connectivity index (χ2n) is 9.51. The first-order valence-corrected chi connectivity index (χ1v) is 13.3. The summed E-state index contributed by atoms with van der Waals surface area (Å²) in [6.45, 7) is 5.77. The van der Waals surface area contributed by atoms with Gasteiger partial charge in [-0.3, -0.25) is 4.79 Å². The predicted molar refractivity (Wildman–Crippen MR) is 133 cm³/mol. The van der Waals surface area contributed by atoms with Crippen LogP contribution in [0.25, 0.3) is 0 Å². The summed E-state index contributed by atoms with van der Waals surface area (Å²) in [5, 5.41) is 5.27. The maximum atomic E-state index is 15.0. The zero-order chi connectivity index (χ0) is 26.1. The SMILES string of the molecule is Cn1ncnc1C(=O)c1cc(CO[Si](c2ccccc2)(c2ccccc2)C(C)(C)C)c(F)c(F)c1F. The number of carbonyl (C=O) groups is 1. The molecule has 0 radical (unpaired) electrons. The summed E-state index contributed by atoms with van der Waals surface area (Å²) in [5.41, 5.74) is -0.890. The Labute approximate surface area is 208 Å². The highest BCUT2D eigenvalue weighted by Crippen LogP contribution is 2.37. The number of halogens is 3. The van der Waals surface area contributed by atoms with Crippen molar-refractivity contribution in [1.29, 1.82) is 0 Å². The Balaban J connectivity index is 1.83. The molecule has 0 aliphatic carbocycles. The van der Waals surface area contributed by atoms with E-state index in [0.29, 0.717) is 0 Å². The molecule has 0 amide bonds. The van der Waals surface area contributed by atoms with Crippen molar-refractivity contribution in [1.82, 2.24) is 14.8 Å². The maximum absolute atomic E-state index is 15.0. The van der Waals surface area contributed by atoms with Crippen LogP contribution in [0.2, 0.25) is 5.04 Å². The van der Waals surface area contributed by atoms with E-state index in [0.717, 1.165) is 27.4 Å². The lowest BCUT2D eigenvalue weighted by molar-refractivity contribution is 0.102. The Morgan fingerprint density at radius 3 is 1.94 bits per heavy atom. The highest BCUT2D eigenvalue weighted by atomic mass is 28.4. The van der Waals surface area contributed by atoms with E-state index in [2.05, 4.69) is 10.1 Å². The van der Waals surface area contributed by atoms with Crippen molar-refractivity contribution in [2.45, 2.75) is 32.4 Å². The minimum absolute atomic E-state index is 0.196. The molecule has 0 bridgehead atoms. The third kappa shape index (κ3) is 4.40. The van der Waals surface area contributed by atoms with Crippen LogP contribution in [-0.2, 0) is 18.1 Å². The van der Waals surface area contributed by atoms with Gasteiger partial charge in [-0.05, 0) is 21.5 Å². The van der Waals surface area contributed by atoms with Gasteiger partial charge in [0.05, 0.1) is 12.2 Å². The summed E-state index contributed by atoms with van der Waals surface area (Å²) in [4.78, 5) is 16.7. The standard InChI is InChI=1S/C27H26F3N3O2Si/c1-27(2,3)36(19-11-7-5-8-12-19,20-13-9-6-10-14-20)35-16-18-15-21(23(29)24(30)22(18)28)25(34)26-31-17-32-33(26)4/h5-15,17H,16H2,1-4H3. The highest BCUT2D eigenvalue weighted by Gasteiger charge is 2.50. The zero-order valence-electron chi connectivity index (χ0n) is 20.4. The first-order valence-electron chi connectivity index (χ1n) is 11.4. The van der Waals surface area contributed by atoms with Crippen LogP contribution in [0.5, 0.6) is 0 Å². The number of hydrogen-bond donors (Lipinski definition) is 0. The van der Waals surface area contributed by atoms with E-state index in [1.54, 1.807) is 0 Å². The summed E-state index contributed by atoms with van der Waals surface area (Å²) in [6.07, 6.45) is 1.12. The lowest BCUT2D eigenvalue weighted by Crippen LogP contribution is -2.66. The molecule has 0 aliphatic rings. The van der Waals surface area contributed by atoms with Crippen LogP contribution in [0.3, 0.4) is 0 Å². The first kappa shape index (κ1) is 25.5. The molecule has 0 saturated carbocycles. The van der Waals surface area contributed by atoms with E-state index >= 15 is 0 Å². The fourth-order valence-corrected chi connectivity index (χ4v) is 9.02. The molecule has 0 N–H and O–H groups in total. The fourth-order valence-electron chi connectivity index (χ4n) is 4.50. The van der Waals surface area contributed by atoms with Gasteiger partial charge in [0, 0.05) is 12.6 Å². The van der Waals surface area contributed by atoms with Gasteiger partial charge in [-0.25, -0.2) is 22.8 Å². The first-order chi connectivity index (χ1) is 17.1. The van der Waals surface area contributed by atoms with Gasteiger partial charge in [0.2, 0.25) is 5.78 Å². The molecule has 9 heteroatoms. The Morgan fingerprint density at radius 2 is 1.47 bits per heavy atom. The Bertz CT molecular complexity index is 1350. The molecule has 0 aliphatic heterocycles. The Kier molecular flexibility index (Phi) is 6.97. The number of carbonyl (C=O) groups excluding carboxylic acids is 1. The topological polar surface area (TPSA) is 57.0 Å². The van der Waals surface area contributed by atoms with E-state index < -0.39 is 42.2 Å². The summed E-state index contributed by atoms with van der Waals surface area (Å²) in [7, 11) is -1.64. The van der Waals surface area contributed by atoms with Crippen LogP contribution in [0.1, 0.15) is 42.5 Å². The largest absolute Gasteiger partial charge is 0.403 e. The van der Waals surface area contributed by atoms with Crippen LogP contribution >= 0.6 is 0 Å². The number of aryl methyl sites for hydroxylation is 1. The van der Waals surface area contributed by atoms with Gasteiger partial charge in [-0.15, -0.1) is 0 Å². The smallest absolute Gasteiger partial charge is 0.261 e. The Morgan fingerprint density at radius 1 is 0.917 bits per heavy atom. The monoisotopic (exact) mass is 509 g/mol. The molecule has 4 rings (SSSR count). The number of hydrogen-bond acceptors (Lipinski definition) is 4. The molecular weight excluding hydrogens is 483 g/mol. The van der Waals surface area contributed by atoms with Crippen molar-refractivity contribution in [2.75, 3.05) is 0 Å². The molecule has 5 nitrogen and oxygen atoms in total. The van der Waals surface area contributed by atoms with Gasteiger partial charge in [-0.2, -0.15) is 5.10 Å². The van der Waals surface area contributed by atoms with Crippen LogP contribution in [0.4, 0.5) is 13.2 Å². The molecule has 1 aromatic heterocycles. The molecule has 0 fully saturated rings. The van der Waals surface area contributed by atoms with E-state index in [9.17, 15) is 18.0 Å². The van der Waals surface area contributed by atoms with Gasteiger partial charge < -0.3 is 4.43 Å². The van der Waals surface area contributed by atoms with Crippen LogP contribution in [0, 0.1) is 17.5 Å². The van der Waals surface area contributed by atoms with Crippen molar-refractivity contribution in [3.8, 4) is 0 Å². The van der Waals surface area contributed by atoms with E-state index in [1.807, 2.05) is 81.4 Å². The van der Waals surface area contributed by atoms with Crippen molar-refractivity contribution in [3.05, 3.63) is 107 Å². The summed E-state index contributed by atoms with van der Waals surface area (Å²) in [5.74, 6) is -5.80. The molecule has 36 heavy (non-hydrogen) atoms. The zero-order valence-corrected chi connectivity index (χ0v) is 21.4. The van der Waals surface area contributed by atoms with Gasteiger partial charge >= 0.3 is 0 Å². The molecule has 0 atom stereocenters. The molecule has 4 aromatic rings. The number of benzene rings is 3. The molecule has 3 aromatic carbocycles. The van der Waals surface area contributed by atoms with E-state index in [4.69, 9.17) is 4.43 Å². The number of ketones is 1. The normalized spacial score (nSPS) is 12.1. The van der Waals surface area contributed by atoms with Crippen molar-refractivity contribution in [3.63, 3.8) is 0 Å². The predicted octanol–water partition coefficient (Wildman–Crippen LogP) is 4.54. The van der Waals surface area contributed by atoms with Crippen molar-refractivity contribution >= 4 is 24.5 Å². The minimum atomic E-state index is -3.09. The van der Waals surface area contributed by atoms with Crippen LogP contribution < -0.4 is 10.4 Å². The molecule has 0 unspecified atom stereocenters. The number of rotatable bonds is 7. The molecular formula is C27H26F3N3O2Si. The molecule has 1 heterocycles. The van der Waals surface area contributed by atoms with Crippen LogP contribution in [-0.4, -0.2) is 28.9 Å². The van der Waals surface area contributed by atoms with Gasteiger partial charge in [0.25, 0.3) is 8.32 Å². The number of aromatic nitrogens is 3. The van der Waals surface area contributed by atoms with E-state index in [-0.39, 0.29) is 18.0 Å². The maximum Gasteiger partial charge on any atom is 0.261 e. The summed E-state index contributed by atoms with van der Waals surface area (Å²) >= 11 is 0. The Hall–Kier alpha value is -3.56. The van der Waals surface area contributed by atoms with E-state index in [1.165, 1.54) is 7.05 Å². The summed E-state index contributed by atoms with van der Waals surface area (Å²) in [6, 6.07) is 20.3. The average molecular weight is 510 g/mol.